The minimum atomic E-state index is -0.699. The molecule has 6 nitrogen and oxygen atoms in total. The molecule has 7 heteroatoms. The van der Waals surface area contributed by atoms with Crippen LogP contribution in [0.15, 0.2) is 11.6 Å². The first-order valence-electron chi connectivity index (χ1n) is 9.05. The van der Waals surface area contributed by atoms with E-state index in [0.29, 0.717) is 19.6 Å². The quantitative estimate of drug-likeness (QED) is 0.886. The molecule has 1 amide bonds. The van der Waals surface area contributed by atoms with E-state index in [1.165, 1.54) is 0 Å². The van der Waals surface area contributed by atoms with Crippen molar-refractivity contribution in [3.8, 4) is 0 Å². The maximum absolute atomic E-state index is 12.6. The van der Waals surface area contributed by atoms with Gasteiger partial charge < -0.3 is 10.0 Å². The zero-order valence-electron chi connectivity index (χ0n) is 14.6. The Balaban J connectivity index is 1.44. The predicted molar refractivity (Wildman–Crippen MR) is 94.1 cm³/mol. The minimum Gasteiger partial charge on any atom is -0.481 e. The molecule has 3 fully saturated rings. The van der Waals surface area contributed by atoms with Crippen molar-refractivity contribution in [3.05, 3.63) is 16.6 Å². The number of nitrogens with zero attached hydrogens (tertiary/aromatic N) is 3. The number of carbonyl (C=O) groups is 2. The van der Waals surface area contributed by atoms with Crippen molar-refractivity contribution in [2.24, 2.45) is 16.7 Å². The van der Waals surface area contributed by atoms with Crippen LogP contribution in [0.25, 0.3) is 0 Å². The summed E-state index contributed by atoms with van der Waals surface area (Å²) < 4.78 is 0. The highest BCUT2D eigenvalue weighted by Gasteiger charge is 2.54. The summed E-state index contributed by atoms with van der Waals surface area (Å²) >= 11 is 1.62. The molecule has 2 saturated heterocycles. The highest BCUT2D eigenvalue weighted by atomic mass is 32.1. The van der Waals surface area contributed by atoms with Gasteiger partial charge in [0.15, 0.2) is 0 Å². The SMILES string of the molecule is CC1(C(=O)N2CCC3(CC2)CN(Cc2nccs2)CC3C(=O)O)CC1. The van der Waals surface area contributed by atoms with E-state index in [0.717, 1.165) is 43.8 Å². The standard InChI is InChI=1S/C18H25N3O3S/c1-17(2-3-17)16(24)21-7-4-18(5-8-21)12-20(10-13(18)15(22)23)11-14-19-6-9-25-14/h6,9,13H,2-5,7-8,10-12H2,1H3,(H,22,23). The number of rotatable bonds is 4. The minimum absolute atomic E-state index is 0.136. The fraction of sp³-hybridized carbons (Fsp3) is 0.722. The molecule has 0 radical (unpaired) electrons. The Labute approximate surface area is 151 Å². The van der Waals surface area contributed by atoms with Crippen molar-refractivity contribution in [2.45, 2.75) is 39.2 Å². The Kier molecular flexibility index (Phi) is 4.11. The number of aromatic nitrogens is 1. The van der Waals surface area contributed by atoms with Gasteiger partial charge in [-0.25, -0.2) is 4.98 Å². The van der Waals surface area contributed by atoms with E-state index in [9.17, 15) is 14.7 Å². The molecule has 4 rings (SSSR count). The van der Waals surface area contributed by atoms with Crippen LogP contribution in [0.5, 0.6) is 0 Å². The summed E-state index contributed by atoms with van der Waals surface area (Å²) in [5.41, 5.74) is -0.340. The normalized spacial score (nSPS) is 27.6. The average molecular weight is 363 g/mol. The molecule has 1 spiro atoms. The van der Waals surface area contributed by atoms with Gasteiger partial charge in [-0.05, 0) is 25.7 Å². The third kappa shape index (κ3) is 3.08. The van der Waals surface area contributed by atoms with Crippen LogP contribution in [-0.2, 0) is 16.1 Å². The van der Waals surface area contributed by atoms with Crippen molar-refractivity contribution in [1.82, 2.24) is 14.8 Å². The van der Waals surface area contributed by atoms with Gasteiger partial charge in [0.2, 0.25) is 5.91 Å². The second-order valence-corrected chi connectivity index (χ2v) is 9.18. The second-order valence-electron chi connectivity index (χ2n) is 8.20. The number of amides is 1. The van der Waals surface area contributed by atoms with Crippen LogP contribution in [0, 0.1) is 16.7 Å². The summed E-state index contributed by atoms with van der Waals surface area (Å²) in [6.07, 6.45) is 5.36. The first-order valence-corrected chi connectivity index (χ1v) is 9.93. The number of carbonyl (C=O) groups excluding carboxylic acids is 1. The van der Waals surface area contributed by atoms with Gasteiger partial charge in [-0.2, -0.15) is 0 Å². The molecule has 3 heterocycles. The van der Waals surface area contributed by atoms with E-state index in [4.69, 9.17) is 0 Å². The molecule has 1 aromatic heterocycles. The Morgan fingerprint density at radius 3 is 2.60 bits per heavy atom. The Morgan fingerprint density at radius 2 is 2.04 bits per heavy atom. The smallest absolute Gasteiger partial charge is 0.308 e. The average Bonchev–Trinajstić information content (AvgIpc) is 3.00. The Morgan fingerprint density at radius 1 is 1.32 bits per heavy atom. The van der Waals surface area contributed by atoms with E-state index in [1.54, 1.807) is 17.5 Å². The monoisotopic (exact) mass is 363 g/mol. The van der Waals surface area contributed by atoms with Gasteiger partial charge in [-0.1, -0.05) is 6.92 Å². The number of carboxylic acid groups (broad SMARTS) is 1. The number of aliphatic carboxylic acids is 1. The third-order valence-corrected chi connectivity index (χ3v) is 7.19. The van der Waals surface area contributed by atoms with Crippen LogP contribution in [0.2, 0.25) is 0 Å². The summed E-state index contributed by atoms with van der Waals surface area (Å²) in [5, 5.41) is 12.8. The predicted octanol–water partition coefficient (Wildman–Crippen LogP) is 2.07. The van der Waals surface area contributed by atoms with E-state index in [-0.39, 0.29) is 22.7 Å². The van der Waals surface area contributed by atoms with Crippen LogP contribution < -0.4 is 0 Å². The fourth-order valence-electron chi connectivity index (χ4n) is 4.50. The van der Waals surface area contributed by atoms with Gasteiger partial charge in [0.05, 0.1) is 12.5 Å². The first kappa shape index (κ1) is 17.0. The summed E-state index contributed by atoms with van der Waals surface area (Å²) in [7, 11) is 0. The summed E-state index contributed by atoms with van der Waals surface area (Å²) in [6.45, 7) is 5.55. The van der Waals surface area contributed by atoms with E-state index < -0.39 is 5.97 Å². The van der Waals surface area contributed by atoms with Crippen molar-refractivity contribution < 1.29 is 14.7 Å². The van der Waals surface area contributed by atoms with Crippen molar-refractivity contribution in [2.75, 3.05) is 26.2 Å². The molecule has 136 valence electrons. The molecule has 3 aliphatic rings. The number of hydrogen-bond donors (Lipinski definition) is 1. The third-order valence-electron chi connectivity index (χ3n) is 6.42. The highest BCUT2D eigenvalue weighted by molar-refractivity contribution is 7.09. The number of likely N-dealkylation sites (tertiary alicyclic amines) is 2. The van der Waals surface area contributed by atoms with Crippen molar-refractivity contribution in [1.29, 1.82) is 0 Å². The Hall–Kier alpha value is -1.47. The van der Waals surface area contributed by atoms with Crippen LogP contribution in [0.1, 0.15) is 37.6 Å². The molecule has 1 saturated carbocycles. The van der Waals surface area contributed by atoms with E-state index in [1.807, 2.05) is 17.2 Å². The molecule has 2 aliphatic heterocycles. The lowest BCUT2D eigenvalue weighted by atomic mass is 9.70. The molecule has 1 atom stereocenters. The molecule has 1 aromatic rings. The maximum atomic E-state index is 12.6. The van der Waals surface area contributed by atoms with Gasteiger partial charge in [0, 0.05) is 48.6 Å². The lowest BCUT2D eigenvalue weighted by molar-refractivity contribution is -0.147. The number of piperidine rings is 1. The van der Waals surface area contributed by atoms with E-state index >= 15 is 0 Å². The fourth-order valence-corrected chi connectivity index (χ4v) is 5.16. The van der Waals surface area contributed by atoms with Crippen LogP contribution in [0.3, 0.4) is 0 Å². The number of thiazole rings is 1. The van der Waals surface area contributed by atoms with Crippen LogP contribution >= 0.6 is 11.3 Å². The van der Waals surface area contributed by atoms with E-state index in [2.05, 4.69) is 9.88 Å². The van der Waals surface area contributed by atoms with Crippen LogP contribution in [-0.4, -0.2) is 57.9 Å². The lowest BCUT2D eigenvalue weighted by Crippen LogP contribution is -2.49. The Bertz CT molecular complexity index is 663. The molecule has 0 bridgehead atoms. The topological polar surface area (TPSA) is 73.7 Å². The zero-order valence-corrected chi connectivity index (χ0v) is 15.4. The van der Waals surface area contributed by atoms with Gasteiger partial charge in [0.25, 0.3) is 0 Å². The number of hydrogen-bond acceptors (Lipinski definition) is 5. The molecule has 0 aromatic carbocycles. The molecule has 1 N–H and O–H groups in total. The molecular weight excluding hydrogens is 338 g/mol. The van der Waals surface area contributed by atoms with Crippen molar-refractivity contribution >= 4 is 23.2 Å². The zero-order chi connectivity index (χ0) is 17.7. The second kappa shape index (κ2) is 6.06. The summed E-state index contributed by atoms with van der Waals surface area (Å²) in [5.74, 6) is -0.774. The van der Waals surface area contributed by atoms with Gasteiger partial charge >= 0.3 is 5.97 Å². The molecule has 25 heavy (non-hydrogen) atoms. The van der Waals surface area contributed by atoms with Gasteiger partial charge in [-0.3, -0.25) is 14.5 Å². The van der Waals surface area contributed by atoms with Crippen molar-refractivity contribution in [3.63, 3.8) is 0 Å². The molecule has 1 aliphatic carbocycles. The largest absolute Gasteiger partial charge is 0.481 e. The molecule has 1 unspecified atom stereocenters. The first-order chi connectivity index (χ1) is 11.9. The van der Waals surface area contributed by atoms with Gasteiger partial charge in [-0.15, -0.1) is 11.3 Å². The lowest BCUT2D eigenvalue weighted by Gasteiger charge is -2.42. The molecular formula is C18H25N3O3S. The highest BCUT2D eigenvalue weighted by Crippen LogP contribution is 2.49. The van der Waals surface area contributed by atoms with Crippen LogP contribution in [0.4, 0.5) is 0 Å². The summed E-state index contributed by atoms with van der Waals surface area (Å²) in [4.78, 5) is 33.0. The van der Waals surface area contributed by atoms with Gasteiger partial charge in [0.1, 0.15) is 5.01 Å². The maximum Gasteiger partial charge on any atom is 0.308 e. The number of carboxylic acids is 1. The summed E-state index contributed by atoms with van der Waals surface area (Å²) in [6, 6.07) is 0.